The quantitative estimate of drug-likeness (QED) is 0.385. The summed E-state index contributed by atoms with van der Waals surface area (Å²) in [6.07, 6.45) is 0. The predicted molar refractivity (Wildman–Crippen MR) is 104 cm³/mol. The Bertz CT molecular complexity index is 1080. The number of carbonyl (C=O) groups excluding carboxylic acids is 2. The van der Waals surface area contributed by atoms with Gasteiger partial charge in [0.1, 0.15) is 6.54 Å². The van der Waals surface area contributed by atoms with Gasteiger partial charge in [0.2, 0.25) is 0 Å². The molecule has 0 aliphatic carbocycles. The van der Waals surface area contributed by atoms with E-state index in [0.29, 0.717) is 0 Å². The molecule has 9 heteroatoms. The second-order valence-electron chi connectivity index (χ2n) is 6.06. The molecule has 0 saturated carbocycles. The first kappa shape index (κ1) is 19.4. The van der Waals surface area contributed by atoms with Crippen molar-refractivity contribution in [1.82, 2.24) is 4.57 Å². The SMILES string of the molecule is Cc1cc2ccccc2n1CC(=O)OCC(=O)Nc1ccc([N+](=O)[O-])cc1Cl. The monoisotopic (exact) mass is 401 g/mol. The van der Waals surface area contributed by atoms with Gasteiger partial charge in [0.25, 0.3) is 11.6 Å². The number of nitro groups is 1. The van der Waals surface area contributed by atoms with Crippen LogP contribution in [0.1, 0.15) is 5.69 Å². The highest BCUT2D eigenvalue weighted by molar-refractivity contribution is 6.34. The maximum Gasteiger partial charge on any atom is 0.326 e. The number of hydrogen-bond acceptors (Lipinski definition) is 5. The summed E-state index contributed by atoms with van der Waals surface area (Å²) in [5, 5.41) is 14.2. The number of non-ortho nitro benzene ring substituents is 1. The van der Waals surface area contributed by atoms with E-state index < -0.39 is 23.4 Å². The number of hydrogen-bond donors (Lipinski definition) is 1. The van der Waals surface area contributed by atoms with Crippen LogP contribution in [0, 0.1) is 17.0 Å². The van der Waals surface area contributed by atoms with Gasteiger partial charge in [-0.15, -0.1) is 0 Å². The predicted octanol–water partition coefficient (Wildman–Crippen LogP) is 3.69. The number of halogens is 1. The number of rotatable bonds is 6. The smallest absolute Gasteiger partial charge is 0.326 e. The van der Waals surface area contributed by atoms with Crippen molar-refractivity contribution in [2.24, 2.45) is 0 Å². The molecular weight excluding hydrogens is 386 g/mol. The number of esters is 1. The molecule has 28 heavy (non-hydrogen) atoms. The normalized spacial score (nSPS) is 10.6. The first-order valence-corrected chi connectivity index (χ1v) is 8.67. The molecule has 1 N–H and O–H groups in total. The fourth-order valence-electron chi connectivity index (χ4n) is 2.78. The van der Waals surface area contributed by atoms with Crippen LogP contribution in [0.25, 0.3) is 10.9 Å². The first-order valence-electron chi connectivity index (χ1n) is 8.29. The van der Waals surface area contributed by atoms with Gasteiger partial charge >= 0.3 is 5.97 Å². The Kier molecular flexibility index (Phi) is 5.60. The van der Waals surface area contributed by atoms with Gasteiger partial charge in [-0.05, 0) is 30.5 Å². The van der Waals surface area contributed by atoms with Crippen molar-refractivity contribution in [1.29, 1.82) is 0 Å². The maximum absolute atomic E-state index is 12.1. The lowest BCUT2D eigenvalue weighted by atomic mass is 10.2. The van der Waals surface area contributed by atoms with Gasteiger partial charge in [0, 0.05) is 23.3 Å². The Balaban J connectivity index is 1.58. The minimum Gasteiger partial charge on any atom is -0.454 e. The zero-order chi connectivity index (χ0) is 20.3. The van der Waals surface area contributed by atoms with Gasteiger partial charge in [0.15, 0.2) is 6.61 Å². The van der Waals surface area contributed by atoms with Gasteiger partial charge in [-0.1, -0.05) is 29.8 Å². The second kappa shape index (κ2) is 8.10. The molecule has 0 aliphatic heterocycles. The van der Waals surface area contributed by atoms with Crippen LogP contribution in [-0.2, 0) is 20.9 Å². The van der Waals surface area contributed by atoms with Crippen LogP contribution in [-0.4, -0.2) is 28.0 Å². The number of fused-ring (bicyclic) bond motifs is 1. The highest BCUT2D eigenvalue weighted by atomic mass is 35.5. The van der Waals surface area contributed by atoms with Crippen LogP contribution in [0.2, 0.25) is 5.02 Å². The molecular formula is C19H16ClN3O5. The molecule has 0 atom stereocenters. The van der Waals surface area contributed by atoms with Crippen molar-refractivity contribution in [3.05, 3.63) is 69.4 Å². The molecule has 1 aromatic heterocycles. The molecule has 0 aliphatic rings. The number of carbonyl (C=O) groups is 2. The second-order valence-corrected chi connectivity index (χ2v) is 6.47. The van der Waals surface area contributed by atoms with Gasteiger partial charge < -0.3 is 14.6 Å². The van der Waals surface area contributed by atoms with Gasteiger partial charge in [0.05, 0.1) is 15.6 Å². The molecule has 0 fully saturated rings. The van der Waals surface area contributed by atoms with Crippen LogP contribution in [0.3, 0.4) is 0 Å². The molecule has 0 spiro atoms. The molecule has 3 aromatic rings. The summed E-state index contributed by atoms with van der Waals surface area (Å²) in [6, 6.07) is 13.3. The average Bonchev–Trinajstić information content (AvgIpc) is 2.97. The van der Waals surface area contributed by atoms with Gasteiger partial charge in [-0.25, -0.2) is 0 Å². The minimum absolute atomic E-state index is 0.0170. The van der Waals surface area contributed by atoms with E-state index in [1.807, 2.05) is 41.8 Å². The summed E-state index contributed by atoms with van der Waals surface area (Å²) in [5.74, 6) is -1.16. The number of nitrogens with zero attached hydrogens (tertiary/aromatic N) is 2. The lowest BCUT2D eigenvalue weighted by Crippen LogP contribution is -2.23. The van der Waals surface area contributed by atoms with Crippen molar-refractivity contribution in [2.45, 2.75) is 13.5 Å². The highest BCUT2D eigenvalue weighted by Crippen LogP contribution is 2.26. The Morgan fingerprint density at radius 3 is 2.68 bits per heavy atom. The van der Waals surface area contributed by atoms with E-state index in [1.165, 1.54) is 12.1 Å². The summed E-state index contributed by atoms with van der Waals surface area (Å²) < 4.78 is 6.84. The van der Waals surface area contributed by atoms with Gasteiger partial charge in [-0.2, -0.15) is 0 Å². The number of aromatic nitrogens is 1. The zero-order valence-corrected chi connectivity index (χ0v) is 15.6. The molecule has 8 nitrogen and oxygen atoms in total. The maximum atomic E-state index is 12.1. The highest BCUT2D eigenvalue weighted by Gasteiger charge is 2.14. The van der Waals surface area contributed by atoms with E-state index in [2.05, 4.69) is 5.32 Å². The third-order valence-corrected chi connectivity index (χ3v) is 4.42. The number of para-hydroxylation sites is 1. The van der Waals surface area contributed by atoms with E-state index in [-0.39, 0.29) is 22.9 Å². The van der Waals surface area contributed by atoms with Crippen molar-refractivity contribution < 1.29 is 19.2 Å². The lowest BCUT2D eigenvalue weighted by Gasteiger charge is -2.10. The van der Waals surface area contributed by atoms with Crippen LogP contribution in [0.15, 0.2) is 48.5 Å². The Morgan fingerprint density at radius 2 is 1.96 bits per heavy atom. The van der Waals surface area contributed by atoms with Crippen molar-refractivity contribution in [3.63, 3.8) is 0 Å². The molecule has 0 unspecified atom stereocenters. The average molecular weight is 402 g/mol. The van der Waals surface area contributed by atoms with Gasteiger partial charge in [-0.3, -0.25) is 19.7 Å². The van der Waals surface area contributed by atoms with E-state index >= 15 is 0 Å². The number of nitrogens with one attached hydrogen (secondary N) is 1. The fraction of sp³-hybridized carbons (Fsp3) is 0.158. The topological polar surface area (TPSA) is 103 Å². The summed E-state index contributed by atoms with van der Waals surface area (Å²) in [7, 11) is 0. The molecule has 1 heterocycles. The number of nitro benzene ring substituents is 1. The molecule has 0 bridgehead atoms. The third-order valence-electron chi connectivity index (χ3n) is 4.11. The number of anilines is 1. The van der Waals surface area contributed by atoms with Crippen molar-refractivity contribution in [2.75, 3.05) is 11.9 Å². The fourth-order valence-corrected chi connectivity index (χ4v) is 3.01. The number of benzene rings is 2. The van der Waals surface area contributed by atoms with Crippen LogP contribution in [0.4, 0.5) is 11.4 Å². The summed E-state index contributed by atoms with van der Waals surface area (Å²) in [6.45, 7) is 1.37. The summed E-state index contributed by atoms with van der Waals surface area (Å²) in [5.41, 5.74) is 1.81. The Labute approximate surface area is 164 Å². The minimum atomic E-state index is -0.599. The van der Waals surface area contributed by atoms with Crippen LogP contribution < -0.4 is 5.32 Å². The zero-order valence-electron chi connectivity index (χ0n) is 14.8. The van der Waals surface area contributed by atoms with E-state index in [1.54, 1.807) is 0 Å². The Hall–Kier alpha value is -3.39. The molecule has 2 aromatic carbocycles. The molecule has 1 amide bonds. The number of amides is 1. The van der Waals surface area contributed by atoms with E-state index in [4.69, 9.17) is 16.3 Å². The van der Waals surface area contributed by atoms with Crippen molar-refractivity contribution in [3.8, 4) is 0 Å². The molecule has 144 valence electrons. The number of aryl methyl sites for hydroxylation is 1. The van der Waals surface area contributed by atoms with E-state index in [9.17, 15) is 19.7 Å². The molecule has 3 rings (SSSR count). The van der Waals surface area contributed by atoms with Crippen LogP contribution in [0.5, 0.6) is 0 Å². The number of ether oxygens (including phenoxy) is 1. The van der Waals surface area contributed by atoms with Crippen LogP contribution >= 0.6 is 11.6 Å². The molecule has 0 radical (unpaired) electrons. The third kappa shape index (κ3) is 4.29. The molecule has 0 saturated heterocycles. The lowest BCUT2D eigenvalue weighted by molar-refractivity contribution is -0.384. The standard InChI is InChI=1S/C19H16ClN3O5/c1-12-8-13-4-2-3-5-17(13)22(12)10-19(25)28-11-18(24)21-16-7-6-14(23(26)27)9-15(16)20/h2-9H,10-11H2,1H3,(H,21,24). The largest absolute Gasteiger partial charge is 0.454 e. The summed E-state index contributed by atoms with van der Waals surface area (Å²) in [4.78, 5) is 34.2. The first-order chi connectivity index (χ1) is 13.3. The van der Waals surface area contributed by atoms with Crippen molar-refractivity contribution >= 4 is 45.8 Å². The Morgan fingerprint density at radius 1 is 1.21 bits per heavy atom. The summed E-state index contributed by atoms with van der Waals surface area (Å²) >= 11 is 5.92. The van der Waals surface area contributed by atoms with E-state index in [0.717, 1.165) is 22.7 Å².